The second kappa shape index (κ2) is 9.11. The first-order valence-corrected chi connectivity index (χ1v) is 8.64. The molecule has 0 aromatic heterocycles. The molecule has 0 radical (unpaired) electrons. The van der Waals surface area contributed by atoms with Gasteiger partial charge in [0, 0.05) is 31.2 Å². The van der Waals surface area contributed by atoms with Gasteiger partial charge in [-0.15, -0.1) is 0 Å². The van der Waals surface area contributed by atoms with Gasteiger partial charge < -0.3 is 16.0 Å². The Hall–Kier alpha value is -2.30. The molecule has 1 aliphatic carbocycles. The normalized spacial score (nSPS) is 16.0. The van der Waals surface area contributed by atoms with Gasteiger partial charge in [-0.2, -0.15) is 0 Å². The number of nitrogens with one attached hydrogen (secondary N) is 3. The average Bonchev–Trinajstić information content (AvgIpc) is 3.11. The van der Waals surface area contributed by atoms with E-state index in [0.717, 1.165) is 30.8 Å². The summed E-state index contributed by atoms with van der Waals surface area (Å²) in [5.41, 5.74) is 1.81. The minimum absolute atomic E-state index is 0.0185. The van der Waals surface area contributed by atoms with E-state index in [1.807, 2.05) is 31.2 Å². The lowest BCUT2D eigenvalue weighted by Crippen LogP contribution is -2.42. The van der Waals surface area contributed by atoms with Crippen molar-refractivity contribution in [3.63, 3.8) is 0 Å². The number of carbonyl (C=O) groups excluding carboxylic acids is 1. The van der Waals surface area contributed by atoms with Crippen molar-refractivity contribution in [2.75, 3.05) is 7.05 Å². The summed E-state index contributed by atoms with van der Waals surface area (Å²) in [7, 11) is 1.78. The van der Waals surface area contributed by atoms with Crippen molar-refractivity contribution in [1.82, 2.24) is 16.0 Å². The number of hydrogen-bond acceptors (Lipinski definition) is 2. The Morgan fingerprint density at radius 3 is 2.50 bits per heavy atom. The molecular formula is C19H28N4O. The molecule has 2 rings (SSSR count). The van der Waals surface area contributed by atoms with E-state index in [1.165, 1.54) is 0 Å². The summed E-state index contributed by atoms with van der Waals surface area (Å²) in [4.78, 5) is 16.3. The summed E-state index contributed by atoms with van der Waals surface area (Å²) < 4.78 is 0. The van der Waals surface area contributed by atoms with Gasteiger partial charge in [-0.05, 0) is 43.9 Å². The van der Waals surface area contributed by atoms with Crippen LogP contribution in [0.2, 0.25) is 0 Å². The second-order valence-corrected chi connectivity index (χ2v) is 6.19. The standard InChI is InChI=1S/C19H28N4O/c1-4-14(2)22-18(24)16-11-9-15(10-12-16)13-21-19(20-3)23-17-7-5-6-8-17/h5-6,9-12,14,17H,4,7-8,13H2,1-3H3,(H,22,24)(H2,20,21,23). The quantitative estimate of drug-likeness (QED) is 0.427. The van der Waals surface area contributed by atoms with Crippen LogP contribution in [0.5, 0.6) is 0 Å². The highest BCUT2D eigenvalue weighted by Gasteiger charge is 2.12. The monoisotopic (exact) mass is 328 g/mol. The van der Waals surface area contributed by atoms with Crippen molar-refractivity contribution in [2.24, 2.45) is 4.99 Å². The van der Waals surface area contributed by atoms with Crippen LogP contribution in [-0.2, 0) is 6.54 Å². The zero-order chi connectivity index (χ0) is 17.4. The van der Waals surface area contributed by atoms with Gasteiger partial charge in [0.05, 0.1) is 0 Å². The first-order chi connectivity index (χ1) is 11.6. The number of carbonyl (C=O) groups is 1. The van der Waals surface area contributed by atoms with Crippen molar-refractivity contribution in [3.8, 4) is 0 Å². The molecule has 5 heteroatoms. The highest BCUT2D eigenvalue weighted by molar-refractivity contribution is 5.94. The van der Waals surface area contributed by atoms with Gasteiger partial charge in [0.25, 0.3) is 5.91 Å². The van der Waals surface area contributed by atoms with Crippen molar-refractivity contribution in [2.45, 2.75) is 51.7 Å². The third kappa shape index (κ3) is 5.41. The van der Waals surface area contributed by atoms with Crippen LogP contribution >= 0.6 is 0 Å². The van der Waals surface area contributed by atoms with Crippen LogP contribution in [-0.4, -0.2) is 31.0 Å². The summed E-state index contributed by atoms with van der Waals surface area (Å²) >= 11 is 0. The molecule has 0 spiro atoms. The SMILES string of the molecule is CCC(C)NC(=O)c1ccc(CNC(=NC)NC2CC=CC2)cc1. The minimum Gasteiger partial charge on any atom is -0.353 e. The zero-order valence-electron chi connectivity index (χ0n) is 14.8. The van der Waals surface area contributed by atoms with E-state index in [0.29, 0.717) is 18.2 Å². The minimum atomic E-state index is -0.0185. The van der Waals surface area contributed by atoms with Crippen molar-refractivity contribution >= 4 is 11.9 Å². The van der Waals surface area contributed by atoms with Gasteiger partial charge in [0.2, 0.25) is 0 Å². The van der Waals surface area contributed by atoms with Gasteiger partial charge in [-0.25, -0.2) is 0 Å². The molecule has 1 aliphatic rings. The third-order valence-corrected chi connectivity index (χ3v) is 4.24. The van der Waals surface area contributed by atoms with Gasteiger partial charge in [0.15, 0.2) is 5.96 Å². The molecule has 1 atom stereocenters. The van der Waals surface area contributed by atoms with Crippen molar-refractivity contribution < 1.29 is 4.79 Å². The molecule has 0 aliphatic heterocycles. The first kappa shape index (κ1) is 18.0. The molecular weight excluding hydrogens is 300 g/mol. The maximum atomic E-state index is 12.1. The Kier molecular flexibility index (Phi) is 6.85. The molecule has 1 amide bonds. The molecule has 3 N–H and O–H groups in total. The lowest BCUT2D eigenvalue weighted by molar-refractivity contribution is 0.0939. The maximum Gasteiger partial charge on any atom is 0.251 e. The fraction of sp³-hybridized carbons (Fsp3) is 0.474. The lowest BCUT2D eigenvalue weighted by atomic mass is 10.1. The second-order valence-electron chi connectivity index (χ2n) is 6.19. The van der Waals surface area contributed by atoms with Crippen LogP contribution in [0.1, 0.15) is 49.0 Å². The zero-order valence-corrected chi connectivity index (χ0v) is 14.8. The van der Waals surface area contributed by atoms with Crippen molar-refractivity contribution in [3.05, 3.63) is 47.5 Å². The molecule has 0 saturated heterocycles. The molecule has 0 saturated carbocycles. The topological polar surface area (TPSA) is 65.5 Å². The van der Waals surface area contributed by atoms with E-state index < -0.39 is 0 Å². The van der Waals surface area contributed by atoms with Crippen LogP contribution < -0.4 is 16.0 Å². The molecule has 5 nitrogen and oxygen atoms in total. The van der Waals surface area contributed by atoms with Crippen LogP contribution in [0, 0.1) is 0 Å². The number of nitrogens with zero attached hydrogens (tertiary/aromatic N) is 1. The Bertz CT molecular complexity index is 584. The number of hydrogen-bond donors (Lipinski definition) is 3. The number of amides is 1. The smallest absolute Gasteiger partial charge is 0.251 e. The number of benzene rings is 1. The summed E-state index contributed by atoms with van der Waals surface area (Å²) in [6.45, 7) is 4.74. The summed E-state index contributed by atoms with van der Waals surface area (Å²) in [6, 6.07) is 8.31. The molecule has 24 heavy (non-hydrogen) atoms. The van der Waals surface area contributed by atoms with Crippen LogP contribution in [0.3, 0.4) is 0 Å². The Labute approximate surface area is 144 Å². The van der Waals surface area contributed by atoms with E-state index in [-0.39, 0.29) is 11.9 Å². The van der Waals surface area contributed by atoms with E-state index in [2.05, 4.69) is 40.0 Å². The molecule has 1 unspecified atom stereocenters. The summed E-state index contributed by atoms with van der Waals surface area (Å²) in [5.74, 6) is 0.789. The molecule has 1 aromatic rings. The van der Waals surface area contributed by atoms with Gasteiger partial charge in [0.1, 0.15) is 0 Å². The average molecular weight is 328 g/mol. The molecule has 1 aromatic carbocycles. The summed E-state index contributed by atoms with van der Waals surface area (Å²) in [5, 5.41) is 9.69. The summed E-state index contributed by atoms with van der Waals surface area (Å²) in [6.07, 6.45) is 7.39. The fourth-order valence-corrected chi connectivity index (χ4v) is 2.49. The third-order valence-electron chi connectivity index (χ3n) is 4.24. The van der Waals surface area contributed by atoms with E-state index in [1.54, 1.807) is 7.05 Å². The lowest BCUT2D eigenvalue weighted by Gasteiger charge is -2.17. The van der Waals surface area contributed by atoms with Gasteiger partial charge in [-0.3, -0.25) is 9.79 Å². The predicted octanol–water partition coefficient (Wildman–Crippen LogP) is 2.60. The van der Waals surface area contributed by atoms with E-state index >= 15 is 0 Å². The van der Waals surface area contributed by atoms with Crippen LogP contribution in [0.4, 0.5) is 0 Å². The maximum absolute atomic E-state index is 12.1. The van der Waals surface area contributed by atoms with Crippen LogP contribution in [0.15, 0.2) is 41.4 Å². The van der Waals surface area contributed by atoms with E-state index in [9.17, 15) is 4.79 Å². The molecule has 0 fully saturated rings. The van der Waals surface area contributed by atoms with Gasteiger partial charge in [-0.1, -0.05) is 31.2 Å². The predicted molar refractivity (Wildman–Crippen MR) is 99.2 cm³/mol. The fourth-order valence-electron chi connectivity index (χ4n) is 2.49. The first-order valence-electron chi connectivity index (χ1n) is 8.64. The Morgan fingerprint density at radius 2 is 1.92 bits per heavy atom. The highest BCUT2D eigenvalue weighted by Crippen LogP contribution is 2.09. The Balaban J connectivity index is 1.83. The molecule has 0 bridgehead atoms. The van der Waals surface area contributed by atoms with Crippen LogP contribution in [0.25, 0.3) is 0 Å². The van der Waals surface area contributed by atoms with Crippen molar-refractivity contribution in [1.29, 1.82) is 0 Å². The number of rotatable bonds is 6. The number of aliphatic imine (C=N–C) groups is 1. The highest BCUT2D eigenvalue weighted by atomic mass is 16.1. The van der Waals surface area contributed by atoms with E-state index in [4.69, 9.17) is 0 Å². The molecule has 130 valence electrons. The number of guanidine groups is 1. The molecule has 0 heterocycles. The largest absolute Gasteiger partial charge is 0.353 e. The Morgan fingerprint density at radius 1 is 1.25 bits per heavy atom. The van der Waals surface area contributed by atoms with Gasteiger partial charge >= 0.3 is 0 Å².